The van der Waals surface area contributed by atoms with Gasteiger partial charge in [-0.15, -0.1) is 0 Å². The van der Waals surface area contributed by atoms with Gasteiger partial charge in [-0.1, -0.05) is 24.3 Å². The largest absolute Gasteiger partial charge is 0.492 e. The summed E-state index contributed by atoms with van der Waals surface area (Å²) in [6.45, 7) is 0.195. The van der Waals surface area contributed by atoms with Crippen LogP contribution in [0.1, 0.15) is 5.56 Å². The normalized spacial score (nSPS) is 11.3. The average Bonchev–Trinajstić information content (AvgIpc) is 3.16. The molecule has 9 nitrogen and oxygen atoms in total. The predicted octanol–water partition coefficient (Wildman–Crippen LogP) is 2.87. The van der Waals surface area contributed by atoms with Crippen molar-refractivity contribution in [3.05, 3.63) is 59.9 Å². The van der Waals surface area contributed by atoms with Crippen LogP contribution in [0.25, 0.3) is 17.2 Å². The number of benzene rings is 2. The Morgan fingerprint density at radius 2 is 1.87 bits per heavy atom. The van der Waals surface area contributed by atoms with Crippen molar-refractivity contribution in [2.24, 2.45) is 0 Å². The minimum atomic E-state index is -1.35. The van der Waals surface area contributed by atoms with Crippen LogP contribution in [0.2, 0.25) is 0 Å². The third-order valence-corrected chi connectivity index (χ3v) is 4.04. The van der Waals surface area contributed by atoms with Crippen LogP contribution < -0.4 is 9.64 Å². The van der Waals surface area contributed by atoms with Gasteiger partial charge in [0.25, 0.3) is 6.01 Å². The van der Waals surface area contributed by atoms with Gasteiger partial charge in [-0.3, -0.25) is 0 Å². The number of carbonyl (C=O) groups is 2. The van der Waals surface area contributed by atoms with Crippen LogP contribution in [0, 0.1) is 0 Å². The quantitative estimate of drug-likeness (QED) is 0.382. The first kappa shape index (κ1) is 20.7. The molecule has 0 spiro atoms. The lowest BCUT2D eigenvalue weighted by molar-refractivity contribution is -0.143. The molecule has 2 N–H and O–H groups in total. The summed E-state index contributed by atoms with van der Waals surface area (Å²) in [5.41, 5.74) is 2.04. The standard InChI is InChI=1S/C21H20N2O7/c1-23(21-22-16-4-2-3-5-17(16)30-21)10-11-28-15-8-6-14(7-9-15)12-18(20(26)27)29-13-19(24)25/h2-9,12H,10-11,13H2,1H3,(H,24,25)(H,26,27). The van der Waals surface area contributed by atoms with E-state index in [1.54, 1.807) is 24.3 Å². The van der Waals surface area contributed by atoms with Crippen LogP contribution in [0.3, 0.4) is 0 Å². The van der Waals surface area contributed by atoms with E-state index in [4.69, 9.17) is 24.1 Å². The molecule has 9 heteroatoms. The molecule has 1 aromatic heterocycles. The molecule has 0 unspecified atom stereocenters. The second-order valence-electron chi connectivity index (χ2n) is 6.30. The highest BCUT2D eigenvalue weighted by Gasteiger charge is 2.12. The van der Waals surface area contributed by atoms with E-state index < -0.39 is 24.3 Å². The first-order valence-electron chi connectivity index (χ1n) is 9.01. The van der Waals surface area contributed by atoms with E-state index in [1.807, 2.05) is 36.2 Å². The van der Waals surface area contributed by atoms with Gasteiger partial charge in [-0.2, -0.15) is 4.98 Å². The molecule has 0 saturated carbocycles. The SMILES string of the molecule is CN(CCOc1ccc(C=C(OCC(=O)O)C(=O)O)cc1)c1nc2ccccc2o1. The lowest BCUT2D eigenvalue weighted by Gasteiger charge is -2.14. The number of hydrogen-bond donors (Lipinski definition) is 2. The second-order valence-corrected chi connectivity index (χ2v) is 6.30. The van der Waals surface area contributed by atoms with Gasteiger partial charge in [0.2, 0.25) is 5.76 Å². The first-order valence-corrected chi connectivity index (χ1v) is 9.01. The predicted molar refractivity (Wildman–Crippen MR) is 108 cm³/mol. The van der Waals surface area contributed by atoms with Crippen molar-refractivity contribution in [2.45, 2.75) is 0 Å². The lowest BCUT2D eigenvalue weighted by atomic mass is 10.2. The molecule has 0 aliphatic rings. The van der Waals surface area contributed by atoms with E-state index in [9.17, 15) is 9.59 Å². The summed E-state index contributed by atoms with van der Waals surface area (Å²) >= 11 is 0. The molecule has 156 valence electrons. The molecule has 0 aliphatic heterocycles. The highest BCUT2D eigenvalue weighted by Crippen LogP contribution is 2.21. The summed E-state index contributed by atoms with van der Waals surface area (Å²) < 4.78 is 16.2. The maximum absolute atomic E-state index is 11.1. The third-order valence-electron chi connectivity index (χ3n) is 4.04. The highest BCUT2D eigenvalue weighted by atomic mass is 16.5. The van der Waals surface area contributed by atoms with Crippen molar-refractivity contribution in [3.8, 4) is 5.75 Å². The van der Waals surface area contributed by atoms with Crippen LogP contribution in [0.15, 0.2) is 58.7 Å². The van der Waals surface area contributed by atoms with Crippen molar-refractivity contribution in [1.82, 2.24) is 4.98 Å². The topological polar surface area (TPSA) is 122 Å². The number of carboxylic acids is 2. The van der Waals surface area contributed by atoms with Crippen molar-refractivity contribution < 1.29 is 33.7 Å². The summed E-state index contributed by atoms with van der Waals surface area (Å²) in [4.78, 5) is 27.9. The molecule has 0 radical (unpaired) electrons. The number of aliphatic carboxylic acids is 2. The Labute approximate surface area is 171 Å². The Kier molecular flexibility index (Phi) is 6.53. The number of fused-ring (bicyclic) bond motifs is 1. The van der Waals surface area contributed by atoms with Gasteiger partial charge in [0.15, 0.2) is 12.2 Å². The summed E-state index contributed by atoms with van der Waals surface area (Å²) in [7, 11) is 1.85. The van der Waals surface area contributed by atoms with Crippen LogP contribution in [0.5, 0.6) is 5.75 Å². The molecule has 1 heterocycles. The van der Waals surface area contributed by atoms with Gasteiger partial charge in [0.1, 0.15) is 17.9 Å². The van der Waals surface area contributed by atoms with Crippen LogP contribution >= 0.6 is 0 Å². The number of oxazole rings is 1. The summed E-state index contributed by atoms with van der Waals surface area (Å²) in [6, 6.07) is 14.7. The second kappa shape index (κ2) is 9.46. The summed E-state index contributed by atoms with van der Waals surface area (Å²) in [5.74, 6) is -2.46. The molecule has 3 aromatic rings. The number of likely N-dealkylation sites (N-methyl/N-ethyl adjacent to an activating group) is 1. The van der Waals surface area contributed by atoms with Crippen molar-refractivity contribution in [1.29, 1.82) is 0 Å². The maximum Gasteiger partial charge on any atom is 0.371 e. The fourth-order valence-electron chi connectivity index (χ4n) is 2.54. The Hall–Kier alpha value is -4.01. The number of carboxylic acid groups (broad SMARTS) is 2. The Morgan fingerprint density at radius 3 is 2.53 bits per heavy atom. The van der Waals surface area contributed by atoms with Gasteiger partial charge in [-0.05, 0) is 35.9 Å². The number of anilines is 1. The van der Waals surface area contributed by atoms with Crippen LogP contribution in [-0.2, 0) is 14.3 Å². The number of nitrogens with zero attached hydrogens (tertiary/aromatic N) is 2. The molecule has 3 rings (SSSR count). The Bertz CT molecular complexity index is 1020. The molecule has 0 atom stereocenters. The highest BCUT2D eigenvalue weighted by molar-refractivity contribution is 5.90. The molecule has 30 heavy (non-hydrogen) atoms. The number of ether oxygens (including phenoxy) is 2. The van der Waals surface area contributed by atoms with Crippen molar-refractivity contribution >= 4 is 35.1 Å². The molecular weight excluding hydrogens is 392 g/mol. The maximum atomic E-state index is 11.1. The van der Waals surface area contributed by atoms with Gasteiger partial charge >= 0.3 is 11.9 Å². The number of para-hydroxylation sites is 2. The van der Waals surface area contributed by atoms with E-state index in [0.29, 0.717) is 30.5 Å². The van der Waals surface area contributed by atoms with Crippen molar-refractivity contribution in [2.75, 3.05) is 31.7 Å². The molecule has 0 aliphatic carbocycles. The molecule has 0 bridgehead atoms. The average molecular weight is 412 g/mol. The summed E-state index contributed by atoms with van der Waals surface area (Å²) in [5, 5.41) is 17.7. The number of aromatic nitrogens is 1. The number of hydrogen-bond acceptors (Lipinski definition) is 7. The van der Waals surface area contributed by atoms with E-state index >= 15 is 0 Å². The molecule has 0 fully saturated rings. The Balaban J connectivity index is 1.54. The first-order chi connectivity index (χ1) is 14.4. The van der Waals surface area contributed by atoms with Gasteiger partial charge in [-0.25, -0.2) is 9.59 Å². The third kappa shape index (κ3) is 5.51. The van der Waals surface area contributed by atoms with Gasteiger partial charge in [0, 0.05) is 7.05 Å². The van der Waals surface area contributed by atoms with Gasteiger partial charge < -0.3 is 29.0 Å². The molecule has 0 amide bonds. The fraction of sp³-hybridized carbons (Fsp3) is 0.190. The smallest absolute Gasteiger partial charge is 0.371 e. The lowest BCUT2D eigenvalue weighted by Crippen LogP contribution is -2.23. The molecular formula is C21H20N2O7. The zero-order valence-electron chi connectivity index (χ0n) is 16.1. The molecule has 2 aromatic carbocycles. The number of rotatable bonds is 10. The van der Waals surface area contributed by atoms with Crippen molar-refractivity contribution in [3.63, 3.8) is 0 Å². The molecule has 0 saturated heterocycles. The van der Waals surface area contributed by atoms with Crippen LogP contribution in [0.4, 0.5) is 6.01 Å². The van der Waals surface area contributed by atoms with E-state index in [0.717, 1.165) is 11.1 Å². The monoisotopic (exact) mass is 412 g/mol. The van der Waals surface area contributed by atoms with Crippen LogP contribution in [-0.4, -0.2) is 53.9 Å². The Morgan fingerprint density at radius 1 is 1.13 bits per heavy atom. The zero-order valence-corrected chi connectivity index (χ0v) is 16.1. The van der Waals surface area contributed by atoms with E-state index in [2.05, 4.69) is 4.98 Å². The fourth-order valence-corrected chi connectivity index (χ4v) is 2.54. The van der Waals surface area contributed by atoms with Gasteiger partial charge in [0.05, 0.1) is 6.54 Å². The minimum absolute atomic E-state index is 0.381. The van der Waals surface area contributed by atoms with E-state index in [-0.39, 0.29) is 0 Å². The van der Waals surface area contributed by atoms with E-state index in [1.165, 1.54) is 6.08 Å². The zero-order chi connectivity index (χ0) is 21.5. The summed E-state index contributed by atoms with van der Waals surface area (Å²) in [6.07, 6.45) is 1.25. The minimum Gasteiger partial charge on any atom is -0.492 e.